The molecular formula is C22H22N4O5S. The van der Waals surface area contributed by atoms with Gasteiger partial charge in [0.15, 0.2) is 0 Å². The molecule has 1 aromatic heterocycles. The number of ether oxygens (including phenoxy) is 2. The molecule has 0 spiro atoms. The molecule has 1 N–H and O–H groups in total. The molecule has 2 amide bonds. The van der Waals surface area contributed by atoms with Crippen LogP contribution < -0.4 is 19.7 Å². The van der Waals surface area contributed by atoms with Gasteiger partial charge in [-0.05, 0) is 42.7 Å². The number of nitrogens with one attached hydrogen (secondary N) is 1. The quantitative estimate of drug-likeness (QED) is 0.540. The Balaban J connectivity index is 1.45. The Morgan fingerprint density at radius 1 is 1.12 bits per heavy atom. The van der Waals surface area contributed by atoms with Crippen LogP contribution in [0.1, 0.15) is 28.6 Å². The highest BCUT2D eigenvalue weighted by molar-refractivity contribution is 7.98. The smallest absolute Gasteiger partial charge is 0.322 e. The zero-order valence-corrected chi connectivity index (χ0v) is 18.6. The van der Waals surface area contributed by atoms with Gasteiger partial charge in [0.25, 0.3) is 5.91 Å². The van der Waals surface area contributed by atoms with Crippen molar-refractivity contribution in [2.24, 2.45) is 0 Å². The zero-order valence-electron chi connectivity index (χ0n) is 17.8. The van der Waals surface area contributed by atoms with Crippen LogP contribution in [-0.4, -0.2) is 49.0 Å². The van der Waals surface area contributed by atoms with E-state index in [1.807, 2.05) is 30.5 Å². The number of benzene rings is 2. The summed E-state index contributed by atoms with van der Waals surface area (Å²) in [5.74, 6) is 0.555. The topological polar surface area (TPSA) is 107 Å². The molecule has 1 aliphatic heterocycles. The summed E-state index contributed by atoms with van der Waals surface area (Å²) >= 11 is 1.64. The minimum absolute atomic E-state index is 0.0147. The number of carbonyl (C=O) groups excluding carboxylic acids is 2. The molecule has 9 nitrogen and oxygen atoms in total. The molecule has 2 heterocycles. The summed E-state index contributed by atoms with van der Waals surface area (Å²) < 4.78 is 16.0. The number of hydrogen-bond acceptors (Lipinski definition) is 8. The molecule has 10 heteroatoms. The number of nitrogens with zero attached hydrogens (tertiary/aromatic N) is 3. The average Bonchev–Trinajstić information content (AvgIpc) is 3.45. The SMILES string of the molecule is COc1cc(OC)cc(C(=O)Nc2nnc([C@@H]3CC(=O)N(c4ccc(SC)cc4)C3)o2)c1. The molecule has 2 aromatic carbocycles. The van der Waals surface area contributed by atoms with Gasteiger partial charge in [-0.1, -0.05) is 5.10 Å². The molecule has 0 aliphatic carbocycles. The Morgan fingerprint density at radius 2 is 1.81 bits per heavy atom. The summed E-state index contributed by atoms with van der Waals surface area (Å²) in [6, 6.07) is 12.6. The van der Waals surface area contributed by atoms with Crippen LogP contribution in [0.4, 0.5) is 11.7 Å². The van der Waals surface area contributed by atoms with Crippen LogP contribution in [0.5, 0.6) is 11.5 Å². The van der Waals surface area contributed by atoms with Crippen LogP contribution in [0, 0.1) is 0 Å². The van der Waals surface area contributed by atoms with Gasteiger partial charge in [-0.25, -0.2) is 0 Å². The first-order valence-corrected chi connectivity index (χ1v) is 11.1. The number of methoxy groups -OCH3 is 2. The van der Waals surface area contributed by atoms with Crippen LogP contribution >= 0.6 is 11.8 Å². The van der Waals surface area contributed by atoms with Gasteiger partial charge in [0.05, 0.1) is 20.1 Å². The second-order valence-corrected chi connectivity index (χ2v) is 7.98. The van der Waals surface area contributed by atoms with E-state index in [0.29, 0.717) is 29.5 Å². The summed E-state index contributed by atoms with van der Waals surface area (Å²) in [4.78, 5) is 28.0. The lowest BCUT2D eigenvalue weighted by molar-refractivity contribution is -0.117. The number of carbonyl (C=O) groups is 2. The van der Waals surface area contributed by atoms with Crippen LogP contribution in [0.15, 0.2) is 51.8 Å². The monoisotopic (exact) mass is 454 g/mol. The largest absolute Gasteiger partial charge is 0.497 e. The third-order valence-electron chi connectivity index (χ3n) is 5.13. The van der Waals surface area contributed by atoms with E-state index < -0.39 is 5.91 Å². The Hall–Kier alpha value is -3.53. The second-order valence-electron chi connectivity index (χ2n) is 7.10. The van der Waals surface area contributed by atoms with Gasteiger partial charge in [0, 0.05) is 35.2 Å². The van der Waals surface area contributed by atoms with Crippen molar-refractivity contribution in [3.05, 3.63) is 53.9 Å². The standard InChI is InChI=1S/C22H22N4O5S/c1-29-16-8-13(9-17(11-16)30-2)20(28)23-22-25-24-21(31-22)14-10-19(27)26(12-14)15-4-6-18(32-3)7-5-15/h4-9,11,14H,10,12H2,1-3H3,(H,23,25,28)/t14-/m1/s1. The molecule has 1 aliphatic rings. The van der Waals surface area contributed by atoms with Gasteiger partial charge in [0.1, 0.15) is 11.5 Å². The van der Waals surface area contributed by atoms with Gasteiger partial charge in [-0.15, -0.1) is 16.9 Å². The fourth-order valence-electron chi connectivity index (χ4n) is 3.44. The van der Waals surface area contributed by atoms with Crippen molar-refractivity contribution in [1.29, 1.82) is 0 Å². The number of rotatable bonds is 7. The molecule has 3 aromatic rings. The molecule has 166 valence electrons. The average molecular weight is 455 g/mol. The maximum atomic E-state index is 12.6. The van der Waals surface area contributed by atoms with Gasteiger partial charge in [-0.3, -0.25) is 14.9 Å². The molecule has 1 saturated heterocycles. The van der Waals surface area contributed by atoms with Crippen LogP contribution in [-0.2, 0) is 4.79 Å². The highest BCUT2D eigenvalue weighted by Crippen LogP contribution is 2.32. The fourth-order valence-corrected chi connectivity index (χ4v) is 3.85. The van der Waals surface area contributed by atoms with Gasteiger partial charge < -0.3 is 18.8 Å². The predicted octanol–water partition coefficient (Wildman–Crippen LogP) is 3.58. The van der Waals surface area contributed by atoms with E-state index in [9.17, 15) is 9.59 Å². The highest BCUT2D eigenvalue weighted by Gasteiger charge is 2.35. The molecule has 0 unspecified atom stereocenters. The van der Waals surface area contributed by atoms with Crippen molar-refractivity contribution in [1.82, 2.24) is 10.2 Å². The summed E-state index contributed by atoms with van der Waals surface area (Å²) in [5.41, 5.74) is 1.15. The normalized spacial score (nSPS) is 15.7. The highest BCUT2D eigenvalue weighted by atomic mass is 32.2. The molecule has 0 saturated carbocycles. The first kappa shape index (κ1) is 21.7. The van der Waals surface area contributed by atoms with Crippen molar-refractivity contribution in [3.63, 3.8) is 0 Å². The maximum absolute atomic E-state index is 12.6. The zero-order chi connectivity index (χ0) is 22.7. The number of hydrogen-bond donors (Lipinski definition) is 1. The lowest BCUT2D eigenvalue weighted by atomic mass is 10.1. The first-order chi connectivity index (χ1) is 15.5. The molecule has 4 rings (SSSR count). The first-order valence-electron chi connectivity index (χ1n) is 9.83. The molecule has 32 heavy (non-hydrogen) atoms. The third-order valence-corrected chi connectivity index (χ3v) is 5.88. The number of aromatic nitrogens is 2. The minimum Gasteiger partial charge on any atom is -0.497 e. The van der Waals surface area contributed by atoms with Crippen molar-refractivity contribution in [2.75, 3.05) is 37.2 Å². The molecule has 0 radical (unpaired) electrons. The summed E-state index contributed by atoms with van der Waals surface area (Å²) in [7, 11) is 3.01. The summed E-state index contributed by atoms with van der Waals surface area (Å²) in [6.45, 7) is 0.431. The molecule has 0 bridgehead atoms. The minimum atomic E-state index is -0.449. The number of anilines is 2. The van der Waals surface area contributed by atoms with E-state index in [-0.39, 0.29) is 24.3 Å². The predicted molar refractivity (Wildman–Crippen MR) is 120 cm³/mol. The fraction of sp³-hybridized carbons (Fsp3) is 0.273. The van der Waals surface area contributed by atoms with E-state index in [0.717, 1.165) is 10.6 Å². The number of thioether (sulfide) groups is 1. The maximum Gasteiger partial charge on any atom is 0.322 e. The van der Waals surface area contributed by atoms with Crippen molar-refractivity contribution >= 4 is 35.3 Å². The van der Waals surface area contributed by atoms with E-state index in [1.165, 1.54) is 14.2 Å². The molecular weight excluding hydrogens is 432 g/mol. The van der Waals surface area contributed by atoms with Crippen molar-refractivity contribution < 1.29 is 23.5 Å². The number of amides is 2. The van der Waals surface area contributed by atoms with Crippen molar-refractivity contribution in [2.45, 2.75) is 17.2 Å². The Labute approximate surface area is 189 Å². The second kappa shape index (κ2) is 9.31. The van der Waals surface area contributed by atoms with Crippen molar-refractivity contribution in [3.8, 4) is 11.5 Å². The Morgan fingerprint density at radius 3 is 2.44 bits per heavy atom. The van der Waals surface area contributed by atoms with E-state index >= 15 is 0 Å². The van der Waals surface area contributed by atoms with E-state index in [4.69, 9.17) is 13.9 Å². The van der Waals surface area contributed by atoms with E-state index in [2.05, 4.69) is 15.5 Å². The van der Waals surface area contributed by atoms with E-state index in [1.54, 1.807) is 34.9 Å². The Bertz CT molecular complexity index is 1110. The third kappa shape index (κ3) is 4.54. The molecule has 1 atom stereocenters. The van der Waals surface area contributed by atoms with Crippen LogP contribution in [0.2, 0.25) is 0 Å². The Kier molecular flexibility index (Phi) is 6.31. The summed E-state index contributed by atoms with van der Waals surface area (Å²) in [6.07, 6.45) is 2.26. The van der Waals surface area contributed by atoms with Crippen LogP contribution in [0.3, 0.4) is 0 Å². The van der Waals surface area contributed by atoms with Crippen LogP contribution in [0.25, 0.3) is 0 Å². The summed E-state index contributed by atoms with van der Waals surface area (Å²) in [5, 5.41) is 10.5. The van der Waals surface area contributed by atoms with Gasteiger partial charge >= 0.3 is 6.01 Å². The molecule has 1 fully saturated rings. The van der Waals surface area contributed by atoms with Gasteiger partial charge in [0.2, 0.25) is 11.8 Å². The lowest BCUT2D eigenvalue weighted by Crippen LogP contribution is -2.24. The lowest BCUT2D eigenvalue weighted by Gasteiger charge is -2.16. The van der Waals surface area contributed by atoms with Gasteiger partial charge in [-0.2, -0.15) is 0 Å².